The molecule has 2 rings (SSSR count). The van der Waals surface area contributed by atoms with Crippen LogP contribution in [0.3, 0.4) is 0 Å². The van der Waals surface area contributed by atoms with Crippen molar-refractivity contribution in [3.63, 3.8) is 0 Å². The maximum absolute atomic E-state index is 10.6. The number of aliphatic hydroxyl groups excluding tert-OH is 2. The molecular weight excluding hydrogens is 266 g/mol. The molecule has 0 saturated heterocycles. The summed E-state index contributed by atoms with van der Waals surface area (Å²) in [5.74, 6) is 0.755. The van der Waals surface area contributed by atoms with E-state index in [1.165, 1.54) is 0 Å². The van der Waals surface area contributed by atoms with Gasteiger partial charge in [-0.05, 0) is 23.3 Å². The Morgan fingerprint density at radius 3 is 2.24 bits per heavy atom. The van der Waals surface area contributed by atoms with E-state index in [1.54, 1.807) is 7.11 Å². The summed E-state index contributed by atoms with van der Waals surface area (Å²) in [6.07, 6.45) is -0.704. The Hall–Kier alpha value is -1.88. The third-order valence-electron chi connectivity index (χ3n) is 3.41. The van der Waals surface area contributed by atoms with Gasteiger partial charge < -0.3 is 20.3 Å². The van der Waals surface area contributed by atoms with E-state index in [4.69, 9.17) is 9.84 Å². The van der Waals surface area contributed by atoms with Crippen LogP contribution in [0.2, 0.25) is 0 Å². The molecule has 0 heterocycles. The number of aliphatic hydroxyl groups is 2. The van der Waals surface area contributed by atoms with Crippen molar-refractivity contribution in [2.24, 2.45) is 0 Å². The molecule has 4 heteroatoms. The minimum atomic E-state index is -0.704. The Morgan fingerprint density at radius 2 is 1.67 bits per heavy atom. The maximum atomic E-state index is 10.6. The highest BCUT2D eigenvalue weighted by atomic mass is 16.5. The Kier molecular flexibility index (Phi) is 5.75. The monoisotopic (exact) mass is 287 g/mol. The van der Waals surface area contributed by atoms with Crippen LogP contribution >= 0.6 is 0 Å². The highest BCUT2D eigenvalue weighted by Crippen LogP contribution is 2.29. The Morgan fingerprint density at radius 1 is 1.00 bits per heavy atom. The Balaban J connectivity index is 2.22. The van der Waals surface area contributed by atoms with E-state index in [0.717, 1.165) is 16.9 Å². The van der Waals surface area contributed by atoms with Gasteiger partial charge in [-0.2, -0.15) is 0 Å². The second kappa shape index (κ2) is 7.78. The first-order valence-corrected chi connectivity index (χ1v) is 6.97. The van der Waals surface area contributed by atoms with Crippen molar-refractivity contribution in [3.05, 3.63) is 65.7 Å². The highest BCUT2D eigenvalue weighted by molar-refractivity contribution is 5.31. The molecule has 21 heavy (non-hydrogen) atoms. The summed E-state index contributed by atoms with van der Waals surface area (Å²) >= 11 is 0. The van der Waals surface area contributed by atoms with Gasteiger partial charge in [0.15, 0.2) is 0 Å². The van der Waals surface area contributed by atoms with Gasteiger partial charge in [0.25, 0.3) is 0 Å². The molecule has 0 saturated carbocycles. The second-order valence-corrected chi connectivity index (χ2v) is 4.78. The number of benzene rings is 2. The normalized spacial score (nSPS) is 13.7. The maximum Gasteiger partial charge on any atom is 0.118 e. The molecule has 3 N–H and O–H groups in total. The number of methoxy groups -OCH3 is 1. The predicted octanol–water partition coefficient (Wildman–Crippen LogP) is 2.05. The van der Waals surface area contributed by atoms with Crippen molar-refractivity contribution >= 4 is 0 Å². The number of nitrogens with one attached hydrogen (secondary N) is 1. The lowest BCUT2D eigenvalue weighted by Gasteiger charge is -2.25. The van der Waals surface area contributed by atoms with Crippen LogP contribution in [0.15, 0.2) is 54.6 Å². The molecule has 0 aliphatic heterocycles. The summed E-state index contributed by atoms with van der Waals surface area (Å²) in [4.78, 5) is 0. The van der Waals surface area contributed by atoms with E-state index >= 15 is 0 Å². The van der Waals surface area contributed by atoms with Gasteiger partial charge in [0, 0.05) is 6.54 Å². The summed E-state index contributed by atoms with van der Waals surface area (Å²) in [5, 5.41) is 22.8. The van der Waals surface area contributed by atoms with Crippen molar-refractivity contribution in [2.75, 3.05) is 20.3 Å². The van der Waals surface area contributed by atoms with E-state index in [-0.39, 0.29) is 12.6 Å². The number of ether oxygens (including phenoxy) is 1. The molecule has 4 nitrogen and oxygen atoms in total. The zero-order valence-corrected chi connectivity index (χ0v) is 12.1. The molecule has 2 aromatic rings. The SMILES string of the molecule is COc1ccc([C@@H](O)[C@@H](NCCO)c2ccccc2)cc1. The van der Waals surface area contributed by atoms with Gasteiger partial charge in [0.2, 0.25) is 0 Å². The zero-order valence-electron chi connectivity index (χ0n) is 12.1. The van der Waals surface area contributed by atoms with Crippen LogP contribution in [0.4, 0.5) is 0 Å². The second-order valence-electron chi connectivity index (χ2n) is 4.78. The number of hydrogen-bond donors (Lipinski definition) is 3. The van der Waals surface area contributed by atoms with Crippen LogP contribution in [0.5, 0.6) is 5.75 Å². The lowest BCUT2D eigenvalue weighted by Crippen LogP contribution is -2.29. The first kappa shape index (κ1) is 15.5. The summed E-state index contributed by atoms with van der Waals surface area (Å²) in [5.41, 5.74) is 1.78. The molecule has 0 fully saturated rings. The third kappa shape index (κ3) is 4.04. The molecule has 0 aromatic heterocycles. The van der Waals surface area contributed by atoms with E-state index in [9.17, 15) is 5.11 Å². The smallest absolute Gasteiger partial charge is 0.118 e. The van der Waals surface area contributed by atoms with Crippen LogP contribution in [0.1, 0.15) is 23.3 Å². The topological polar surface area (TPSA) is 61.7 Å². The fourth-order valence-electron chi connectivity index (χ4n) is 2.29. The van der Waals surface area contributed by atoms with E-state index in [2.05, 4.69) is 5.32 Å². The van der Waals surface area contributed by atoms with Crippen LogP contribution in [0, 0.1) is 0 Å². The van der Waals surface area contributed by atoms with E-state index in [0.29, 0.717) is 6.54 Å². The first-order valence-electron chi connectivity index (χ1n) is 6.97. The lowest BCUT2D eigenvalue weighted by atomic mass is 9.95. The molecule has 0 amide bonds. The number of hydrogen-bond acceptors (Lipinski definition) is 4. The lowest BCUT2D eigenvalue weighted by molar-refractivity contribution is 0.124. The minimum absolute atomic E-state index is 0.0265. The van der Waals surface area contributed by atoms with Gasteiger partial charge in [-0.1, -0.05) is 42.5 Å². The van der Waals surface area contributed by atoms with Crippen molar-refractivity contribution in [3.8, 4) is 5.75 Å². The average molecular weight is 287 g/mol. The molecule has 2 aromatic carbocycles. The van der Waals surface area contributed by atoms with Crippen LogP contribution in [0.25, 0.3) is 0 Å². The minimum Gasteiger partial charge on any atom is -0.497 e. The van der Waals surface area contributed by atoms with Gasteiger partial charge in [0.05, 0.1) is 25.9 Å². The molecule has 0 aliphatic rings. The average Bonchev–Trinajstić information content (AvgIpc) is 2.56. The van der Waals surface area contributed by atoms with Gasteiger partial charge in [-0.25, -0.2) is 0 Å². The molecule has 0 spiro atoms. The van der Waals surface area contributed by atoms with Gasteiger partial charge in [-0.3, -0.25) is 0 Å². The molecule has 0 bridgehead atoms. The van der Waals surface area contributed by atoms with Gasteiger partial charge >= 0.3 is 0 Å². The quantitative estimate of drug-likeness (QED) is 0.729. The number of rotatable bonds is 7. The summed E-state index contributed by atoms with van der Waals surface area (Å²) < 4.78 is 5.13. The summed E-state index contributed by atoms with van der Waals surface area (Å²) in [7, 11) is 1.61. The van der Waals surface area contributed by atoms with E-state index in [1.807, 2.05) is 54.6 Å². The van der Waals surface area contributed by atoms with Gasteiger partial charge in [0.1, 0.15) is 5.75 Å². The molecule has 112 valence electrons. The molecular formula is C17H21NO3. The van der Waals surface area contributed by atoms with Crippen LogP contribution in [-0.2, 0) is 0 Å². The van der Waals surface area contributed by atoms with Crippen LogP contribution in [-0.4, -0.2) is 30.5 Å². The zero-order chi connectivity index (χ0) is 15.1. The molecule has 0 unspecified atom stereocenters. The largest absolute Gasteiger partial charge is 0.497 e. The predicted molar refractivity (Wildman–Crippen MR) is 82.2 cm³/mol. The molecule has 2 atom stereocenters. The third-order valence-corrected chi connectivity index (χ3v) is 3.41. The first-order chi connectivity index (χ1) is 10.3. The summed E-state index contributed by atoms with van der Waals surface area (Å²) in [6, 6.07) is 16.8. The van der Waals surface area contributed by atoms with Gasteiger partial charge in [-0.15, -0.1) is 0 Å². The van der Waals surface area contributed by atoms with Crippen molar-refractivity contribution in [2.45, 2.75) is 12.1 Å². The van der Waals surface area contributed by atoms with Crippen molar-refractivity contribution < 1.29 is 14.9 Å². The standard InChI is InChI=1S/C17H21NO3/c1-21-15-9-7-14(8-10-15)17(20)16(18-11-12-19)13-5-3-2-4-6-13/h2-10,16-20H,11-12H2,1H3/t16-,17+/m0/s1. The highest BCUT2D eigenvalue weighted by Gasteiger charge is 2.22. The fraction of sp³-hybridized carbons (Fsp3) is 0.294. The van der Waals surface area contributed by atoms with Crippen LogP contribution < -0.4 is 10.1 Å². The van der Waals surface area contributed by atoms with Crippen molar-refractivity contribution in [1.82, 2.24) is 5.32 Å². The Bertz CT molecular complexity index is 527. The summed E-state index contributed by atoms with van der Waals surface area (Å²) in [6.45, 7) is 0.450. The fourth-order valence-corrected chi connectivity index (χ4v) is 2.29. The molecule has 0 aliphatic carbocycles. The Labute approximate surface area is 125 Å². The van der Waals surface area contributed by atoms with Crippen molar-refractivity contribution in [1.29, 1.82) is 0 Å². The molecule has 0 radical (unpaired) electrons. The van der Waals surface area contributed by atoms with E-state index < -0.39 is 6.10 Å².